The normalized spacial score (nSPS) is 51.0. The number of hydrogen-bond acceptors (Lipinski definition) is 5. The Kier molecular flexibility index (Phi) is 5.07. The fraction of sp³-hybridized carbons (Fsp3) is 0.875. The Balaban J connectivity index is 1.39. The molecule has 4 aliphatic carbocycles. The molecule has 1 heterocycles. The standard InChI is InChI=1S/C24H36FN3O2/c1-23-7-4-14(28-30-15-6-9-27-13-15)10-19(23)21(26-3)11-16-17(23)5-8-24(2)18(16)12-20(25)22(24)29/h15-20,27H,4-13H2,1-3H3/b26-21?,28-14+. The molecule has 6 heteroatoms. The van der Waals surface area contributed by atoms with Crippen molar-refractivity contribution in [1.29, 1.82) is 0 Å². The summed E-state index contributed by atoms with van der Waals surface area (Å²) in [7, 11) is 1.90. The minimum atomic E-state index is -1.27. The summed E-state index contributed by atoms with van der Waals surface area (Å²) in [4.78, 5) is 23.2. The SMILES string of the molecule is CN=C1CC2C3CC(F)C(=O)C3(C)CCC2C2(C)CC/C(=N\OC3CCNC3)CC12. The Morgan fingerprint density at radius 1 is 1.17 bits per heavy atom. The van der Waals surface area contributed by atoms with Crippen molar-refractivity contribution >= 4 is 17.2 Å². The fourth-order valence-corrected chi connectivity index (χ4v) is 7.82. The van der Waals surface area contributed by atoms with Crippen molar-refractivity contribution in [3.63, 3.8) is 0 Å². The fourth-order valence-electron chi connectivity index (χ4n) is 7.82. The summed E-state index contributed by atoms with van der Waals surface area (Å²) in [5.74, 6) is 1.36. The Hall–Kier alpha value is -1.30. The van der Waals surface area contributed by atoms with Gasteiger partial charge in [-0.05, 0) is 74.7 Å². The molecule has 4 saturated carbocycles. The van der Waals surface area contributed by atoms with Gasteiger partial charge in [0.25, 0.3) is 0 Å². The average molecular weight is 418 g/mol. The highest BCUT2D eigenvalue weighted by Crippen LogP contribution is 2.64. The summed E-state index contributed by atoms with van der Waals surface area (Å²) in [5, 5.41) is 7.89. The second-order valence-electron chi connectivity index (χ2n) is 11.0. The molecule has 166 valence electrons. The van der Waals surface area contributed by atoms with E-state index >= 15 is 0 Å². The van der Waals surface area contributed by atoms with Gasteiger partial charge in [-0.15, -0.1) is 0 Å². The lowest BCUT2D eigenvalue weighted by molar-refractivity contribution is -0.135. The highest BCUT2D eigenvalue weighted by molar-refractivity contribution is 5.96. The number of carbonyl (C=O) groups excluding carboxylic acids is 1. The number of rotatable bonds is 2. The summed E-state index contributed by atoms with van der Waals surface area (Å²) in [5.41, 5.74) is 2.12. The van der Waals surface area contributed by atoms with Crippen LogP contribution in [0.25, 0.3) is 0 Å². The molecule has 0 spiro atoms. The number of aliphatic imine (C=N–C) groups is 1. The molecule has 0 aromatic carbocycles. The predicted molar refractivity (Wildman–Crippen MR) is 116 cm³/mol. The number of nitrogens with one attached hydrogen (secondary N) is 1. The molecule has 0 bridgehead atoms. The molecule has 5 fully saturated rings. The number of alkyl halides is 1. The van der Waals surface area contributed by atoms with E-state index in [9.17, 15) is 9.18 Å². The van der Waals surface area contributed by atoms with E-state index in [4.69, 9.17) is 9.83 Å². The van der Waals surface area contributed by atoms with Crippen LogP contribution in [-0.2, 0) is 9.63 Å². The van der Waals surface area contributed by atoms with Crippen molar-refractivity contribution in [1.82, 2.24) is 5.32 Å². The minimum absolute atomic E-state index is 0.134. The van der Waals surface area contributed by atoms with Gasteiger partial charge in [0, 0.05) is 37.1 Å². The molecule has 30 heavy (non-hydrogen) atoms. The predicted octanol–water partition coefficient (Wildman–Crippen LogP) is 3.96. The number of Topliss-reactive ketones (excluding diaryl/α,β-unsaturated/α-hetero) is 1. The first-order valence-electron chi connectivity index (χ1n) is 11.9. The van der Waals surface area contributed by atoms with Gasteiger partial charge in [-0.3, -0.25) is 9.79 Å². The molecule has 5 aliphatic rings. The molecular formula is C24H36FN3O2. The van der Waals surface area contributed by atoms with Crippen LogP contribution < -0.4 is 5.32 Å². The molecule has 0 aromatic heterocycles. The third-order valence-corrected chi connectivity index (χ3v) is 9.65. The minimum Gasteiger partial charge on any atom is -0.391 e. The van der Waals surface area contributed by atoms with Gasteiger partial charge >= 0.3 is 0 Å². The van der Waals surface area contributed by atoms with E-state index in [2.05, 4.69) is 17.4 Å². The zero-order valence-electron chi connectivity index (χ0n) is 18.6. The van der Waals surface area contributed by atoms with Crippen LogP contribution in [0.15, 0.2) is 10.1 Å². The lowest BCUT2D eigenvalue weighted by atomic mass is 9.45. The van der Waals surface area contributed by atoms with Gasteiger partial charge in [0.2, 0.25) is 0 Å². The number of oxime groups is 1. The molecule has 0 aromatic rings. The first kappa shape index (κ1) is 20.6. The van der Waals surface area contributed by atoms with Gasteiger partial charge in [-0.1, -0.05) is 19.0 Å². The lowest BCUT2D eigenvalue weighted by Crippen LogP contribution is -2.56. The van der Waals surface area contributed by atoms with Gasteiger partial charge in [0.05, 0.1) is 5.71 Å². The van der Waals surface area contributed by atoms with Crippen molar-refractivity contribution in [3.8, 4) is 0 Å². The van der Waals surface area contributed by atoms with Crippen molar-refractivity contribution in [3.05, 3.63) is 0 Å². The number of hydrogen-bond donors (Lipinski definition) is 1. The summed E-state index contributed by atoms with van der Waals surface area (Å²) >= 11 is 0. The number of carbonyl (C=O) groups is 1. The largest absolute Gasteiger partial charge is 0.391 e. The smallest absolute Gasteiger partial charge is 0.173 e. The first-order chi connectivity index (χ1) is 14.4. The van der Waals surface area contributed by atoms with E-state index < -0.39 is 11.6 Å². The van der Waals surface area contributed by atoms with E-state index in [0.717, 1.165) is 58.0 Å². The van der Waals surface area contributed by atoms with Gasteiger partial charge in [-0.2, -0.15) is 0 Å². The van der Waals surface area contributed by atoms with Crippen molar-refractivity contribution in [2.45, 2.75) is 77.5 Å². The van der Waals surface area contributed by atoms with Crippen LogP contribution in [0.2, 0.25) is 0 Å². The maximum absolute atomic E-state index is 14.5. The molecule has 5 rings (SSSR count). The zero-order chi connectivity index (χ0) is 21.1. The second kappa shape index (κ2) is 7.39. The van der Waals surface area contributed by atoms with Crippen molar-refractivity contribution in [2.24, 2.45) is 44.6 Å². The molecule has 8 atom stereocenters. The van der Waals surface area contributed by atoms with Crippen LogP contribution in [0.4, 0.5) is 4.39 Å². The molecular weight excluding hydrogens is 381 g/mol. The number of nitrogens with zero attached hydrogens (tertiary/aromatic N) is 2. The topological polar surface area (TPSA) is 63.0 Å². The summed E-state index contributed by atoms with van der Waals surface area (Å²) in [6.45, 7) is 6.37. The Bertz CT molecular complexity index is 776. The van der Waals surface area contributed by atoms with Crippen LogP contribution in [0.1, 0.15) is 65.2 Å². The van der Waals surface area contributed by atoms with Crippen LogP contribution in [-0.4, -0.2) is 49.6 Å². The van der Waals surface area contributed by atoms with Crippen LogP contribution in [0.3, 0.4) is 0 Å². The van der Waals surface area contributed by atoms with E-state index in [0.29, 0.717) is 24.2 Å². The molecule has 0 amide bonds. The van der Waals surface area contributed by atoms with Gasteiger partial charge in [-0.25, -0.2) is 4.39 Å². The van der Waals surface area contributed by atoms with Gasteiger partial charge < -0.3 is 10.2 Å². The van der Waals surface area contributed by atoms with Crippen LogP contribution >= 0.6 is 0 Å². The highest BCUT2D eigenvalue weighted by atomic mass is 19.1. The summed E-state index contributed by atoms with van der Waals surface area (Å²) in [6.07, 6.45) is 6.17. The van der Waals surface area contributed by atoms with Gasteiger partial charge in [0.15, 0.2) is 12.0 Å². The maximum atomic E-state index is 14.5. The molecule has 0 radical (unpaired) electrons. The van der Waals surface area contributed by atoms with Crippen LogP contribution in [0.5, 0.6) is 0 Å². The Labute approximate surface area is 179 Å². The molecule has 1 saturated heterocycles. The van der Waals surface area contributed by atoms with Crippen molar-refractivity contribution < 1.29 is 14.0 Å². The molecule has 8 unspecified atom stereocenters. The lowest BCUT2D eigenvalue weighted by Gasteiger charge is -2.59. The number of fused-ring (bicyclic) bond motifs is 5. The first-order valence-corrected chi connectivity index (χ1v) is 11.9. The third-order valence-electron chi connectivity index (χ3n) is 9.65. The summed E-state index contributed by atoms with van der Waals surface area (Å²) < 4.78 is 14.5. The quantitative estimate of drug-likeness (QED) is 0.692. The third kappa shape index (κ3) is 3.00. The summed E-state index contributed by atoms with van der Waals surface area (Å²) in [6, 6.07) is 0. The molecule has 1 aliphatic heterocycles. The average Bonchev–Trinajstić information content (AvgIpc) is 3.33. The number of ketones is 1. The van der Waals surface area contributed by atoms with Gasteiger partial charge in [0.1, 0.15) is 6.10 Å². The second-order valence-corrected chi connectivity index (χ2v) is 11.0. The Morgan fingerprint density at radius 3 is 2.73 bits per heavy atom. The van der Waals surface area contributed by atoms with E-state index in [-0.39, 0.29) is 23.2 Å². The van der Waals surface area contributed by atoms with Crippen LogP contribution in [0, 0.1) is 34.5 Å². The molecule has 5 nitrogen and oxygen atoms in total. The number of halogens is 1. The van der Waals surface area contributed by atoms with E-state index in [1.165, 1.54) is 11.4 Å². The van der Waals surface area contributed by atoms with E-state index in [1.807, 2.05) is 14.0 Å². The zero-order valence-corrected chi connectivity index (χ0v) is 18.6. The molecule has 1 N–H and O–H groups in total. The van der Waals surface area contributed by atoms with E-state index in [1.54, 1.807) is 0 Å². The highest BCUT2D eigenvalue weighted by Gasteiger charge is 2.63. The monoisotopic (exact) mass is 417 g/mol. The Morgan fingerprint density at radius 2 is 2.00 bits per heavy atom. The maximum Gasteiger partial charge on any atom is 0.173 e. The van der Waals surface area contributed by atoms with Crippen molar-refractivity contribution in [2.75, 3.05) is 20.1 Å².